The summed E-state index contributed by atoms with van der Waals surface area (Å²) in [7, 11) is 5.18. The molecule has 0 unspecified atom stereocenters. The van der Waals surface area contributed by atoms with Gasteiger partial charge in [-0.2, -0.15) is 0 Å². The number of halogens is 1. The van der Waals surface area contributed by atoms with E-state index in [1.165, 1.54) is 17.7 Å². The molecule has 10 heteroatoms. The molecule has 1 N–H and O–H groups in total. The molecule has 0 saturated heterocycles. The van der Waals surface area contributed by atoms with Crippen molar-refractivity contribution in [2.45, 2.75) is 13.0 Å². The lowest BCUT2D eigenvalue weighted by Crippen LogP contribution is -2.18. The zero-order valence-electron chi connectivity index (χ0n) is 24.1. The first-order valence-corrected chi connectivity index (χ1v) is 15.0. The van der Waals surface area contributed by atoms with Crippen LogP contribution in [0.4, 0.5) is 10.1 Å². The number of hydrogen-bond acceptors (Lipinski definition) is 7. The van der Waals surface area contributed by atoms with Crippen LogP contribution < -0.4 is 14.4 Å². The minimum atomic E-state index is -0.361. The molecule has 0 fully saturated rings. The fourth-order valence-corrected chi connectivity index (χ4v) is 6.16. The number of pyridine rings is 2. The van der Waals surface area contributed by atoms with Crippen LogP contribution in [0.25, 0.3) is 56.0 Å². The Balaban J connectivity index is 1.44. The molecule has 1 amide bonds. The molecule has 0 radical (unpaired) electrons. The third-order valence-corrected chi connectivity index (χ3v) is 8.77. The minimum absolute atomic E-state index is 0.291. The Morgan fingerprint density at radius 1 is 1.09 bits per heavy atom. The van der Waals surface area contributed by atoms with Gasteiger partial charge in [0.25, 0.3) is 5.91 Å². The van der Waals surface area contributed by atoms with Crippen molar-refractivity contribution in [3.8, 4) is 39.8 Å². The SMILES string of the molecule is CNC(=O)c1c(-c2ccc(F)cc2)oc2cc(N(C)SC)c(-c3ccc4c(n3)-c3cc5nc(OC)ccc5n3CC4)cc12. The highest BCUT2D eigenvalue weighted by molar-refractivity contribution is 7.99. The molecular formula is C33H28FN5O3S. The van der Waals surface area contributed by atoms with E-state index in [9.17, 15) is 9.18 Å². The lowest BCUT2D eigenvalue weighted by molar-refractivity contribution is 0.0964. The molecule has 5 heterocycles. The number of anilines is 1. The van der Waals surface area contributed by atoms with Gasteiger partial charge in [0.05, 0.1) is 46.5 Å². The summed E-state index contributed by atoms with van der Waals surface area (Å²) >= 11 is 1.56. The van der Waals surface area contributed by atoms with Crippen molar-refractivity contribution in [1.82, 2.24) is 19.9 Å². The van der Waals surface area contributed by atoms with Gasteiger partial charge in [-0.15, -0.1) is 0 Å². The molecule has 6 aromatic rings. The summed E-state index contributed by atoms with van der Waals surface area (Å²) in [6.07, 6.45) is 2.85. The van der Waals surface area contributed by atoms with Crippen LogP contribution in [0.2, 0.25) is 0 Å². The Morgan fingerprint density at radius 3 is 2.65 bits per heavy atom. The third kappa shape index (κ3) is 4.40. The maximum atomic E-state index is 13.7. The molecule has 43 heavy (non-hydrogen) atoms. The van der Waals surface area contributed by atoms with Crippen LogP contribution in [0.1, 0.15) is 15.9 Å². The number of furan rings is 1. The fraction of sp³-hybridized carbons (Fsp3) is 0.182. The number of benzene rings is 2. The van der Waals surface area contributed by atoms with Gasteiger partial charge >= 0.3 is 0 Å². The Labute approximate surface area is 251 Å². The minimum Gasteiger partial charge on any atom is -0.481 e. The third-order valence-electron chi connectivity index (χ3n) is 8.02. The van der Waals surface area contributed by atoms with Crippen LogP contribution in [-0.4, -0.2) is 47.9 Å². The van der Waals surface area contributed by atoms with Gasteiger partial charge in [-0.25, -0.2) is 14.4 Å². The van der Waals surface area contributed by atoms with E-state index in [0.717, 1.165) is 52.3 Å². The second-order valence-electron chi connectivity index (χ2n) is 10.3. The lowest BCUT2D eigenvalue weighted by Gasteiger charge is -2.22. The quantitative estimate of drug-likeness (QED) is 0.209. The van der Waals surface area contributed by atoms with Crippen LogP contribution in [-0.2, 0) is 13.0 Å². The molecule has 7 rings (SSSR count). The van der Waals surface area contributed by atoms with Crippen LogP contribution in [0.15, 0.2) is 71.1 Å². The number of fused-ring (bicyclic) bond motifs is 6. The Kier molecular flexibility index (Phi) is 6.58. The molecule has 0 aliphatic carbocycles. The average molecular weight is 594 g/mol. The van der Waals surface area contributed by atoms with Gasteiger partial charge in [0.1, 0.15) is 17.2 Å². The summed E-state index contributed by atoms with van der Waals surface area (Å²) in [5, 5.41) is 3.39. The summed E-state index contributed by atoms with van der Waals surface area (Å²) in [5.41, 5.74) is 9.06. The molecule has 8 nitrogen and oxygen atoms in total. The van der Waals surface area contributed by atoms with Crippen molar-refractivity contribution in [3.05, 3.63) is 83.7 Å². The van der Waals surface area contributed by atoms with Gasteiger partial charge in [-0.3, -0.25) is 4.79 Å². The van der Waals surface area contributed by atoms with E-state index in [4.69, 9.17) is 14.1 Å². The molecule has 0 bridgehead atoms. The van der Waals surface area contributed by atoms with E-state index in [1.54, 1.807) is 38.2 Å². The van der Waals surface area contributed by atoms with Crippen LogP contribution >= 0.6 is 11.9 Å². The number of amides is 1. The van der Waals surface area contributed by atoms with E-state index < -0.39 is 0 Å². The first-order chi connectivity index (χ1) is 20.9. The number of hydrogen-bond donors (Lipinski definition) is 1. The largest absolute Gasteiger partial charge is 0.481 e. The number of rotatable bonds is 6. The molecule has 216 valence electrons. The topological polar surface area (TPSA) is 85.4 Å². The van der Waals surface area contributed by atoms with E-state index in [2.05, 4.69) is 27.0 Å². The van der Waals surface area contributed by atoms with E-state index >= 15 is 0 Å². The van der Waals surface area contributed by atoms with Gasteiger partial charge in [0.2, 0.25) is 5.88 Å². The first-order valence-electron chi connectivity index (χ1n) is 13.8. The van der Waals surface area contributed by atoms with Gasteiger partial charge in [-0.05, 0) is 60.5 Å². The average Bonchev–Trinajstić information content (AvgIpc) is 3.61. The zero-order chi connectivity index (χ0) is 29.8. The van der Waals surface area contributed by atoms with Crippen LogP contribution in [0.3, 0.4) is 0 Å². The van der Waals surface area contributed by atoms with Gasteiger partial charge in [-0.1, -0.05) is 18.0 Å². The number of nitrogens with zero attached hydrogens (tertiary/aromatic N) is 4. The molecule has 0 atom stereocenters. The van der Waals surface area contributed by atoms with Gasteiger partial charge < -0.3 is 23.3 Å². The predicted molar refractivity (Wildman–Crippen MR) is 169 cm³/mol. The van der Waals surface area contributed by atoms with E-state index in [0.29, 0.717) is 33.7 Å². The van der Waals surface area contributed by atoms with Crippen LogP contribution in [0, 0.1) is 5.82 Å². The van der Waals surface area contributed by atoms with E-state index in [-0.39, 0.29) is 11.7 Å². The summed E-state index contributed by atoms with van der Waals surface area (Å²) in [6, 6.07) is 20.0. The summed E-state index contributed by atoms with van der Waals surface area (Å²) in [6.45, 7) is 0.837. The summed E-state index contributed by atoms with van der Waals surface area (Å²) in [4.78, 5) is 23.1. The smallest absolute Gasteiger partial charge is 0.255 e. The maximum absolute atomic E-state index is 13.7. The molecule has 1 aliphatic rings. The number of nitrogens with one attached hydrogen (secondary N) is 1. The van der Waals surface area contributed by atoms with Crippen LogP contribution in [0.5, 0.6) is 5.88 Å². The van der Waals surface area contributed by atoms with Crippen molar-refractivity contribution in [1.29, 1.82) is 0 Å². The highest BCUT2D eigenvalue weighted by Crippen LogP contribution is 2.43. The molecular weight excluding hydrogens is 565 g/mol. The molecule has 4 aromatic heterocycles. The highest BCUT2D eigenvalue weighted by atomic mass is 32.2. The number of carbonyl (C=O) groups is 1. The Morgan fingerprint density at radius 2 is 1.91 bits per heavy atom. The van der Waals surface area contributed by atoms with Crippen molar-refractivity contribution in [3.63, 3.8) is 0 Å². The van der Waals surface area contributed by atoms with Crippen molar-refractivity contribution < 1.29 is 18.3 Å². The number of aromatic nitrogens is 3. The molecule has 2 aromatic carbocycles. The van der Waals surface area contributed by atoms with Gasteiger partial charge in [0, 0.05) is 55.5 Å². The highest BCUT2D eigenvalue weighted by Gasteiger charge is 2.26. The van der Waals surface area contributed by atoms with Gasteiger partial charge in [0.15, 0.2) is 0 Å². The number of aryl methyl sites for hydroxylation is 2. The number of carbonyl (C=O) groups excluding carboxylic acids is 1. The molecule has 0 saturated carbocycles. The number of ether oxygens (including phenoxy) is 1. The normalized spacial score (nSPS) is 12.3. The van der Waals surface area contributed by atoms with Crippen molar-refractivity contribution in [2.24, 2.45) is 0 Å². The first kappa shape index (κ1) is 27.0. The van der Waals surface area contributed by atoms with Crippen molar-refractivity contribution >= 4 is 45.5 Å². The summed E-state index contributed by atoms with van der Waals surface area (Å²) < 4.78 is 29.7. The maximum Gasteiger partial charge on any atom is 0.255 e. The van der Waals surface area contributed by atoms with E-state index in [1.807, 2.05) is 47.9 Å². The monoisotopic (exact) mass is 593 g/mol. The molecule has 0 spiro atoms. The predicted octanol–water partition coefficient (Wildman–Crippen LogP) is 6.96. The Bertz CT molecular complexity index is 2050. The Hall–Kier alpha value is -4.83. The standard InChI is InChI=1S/C33H28FN5O3S/c1-35-33(40)30-22-15-21(26(38(2)43-4)17-28(22)42-32(30)19-5-8-20(34)9-6-19)23-10-7-18-13-14-39-25-11-12-29(41-3)36-24(25)16-27(39)31(18)37-23/h5-12,15-17H,13-14H2,1-4H3,(H,35,40). The van der Waals surface area contributed by atoms with Crippen molar-refractivity contribution in [2.75, 3.05) is 31.8 Å². The second kappa shape index (κ2) is 10.5. The summed E-state index contributed by atoms with van der Waals surface area (Å²) in [5.74, 6) is 0.304. The molecule has 1 aliphatic heterocycles. The second-order valence-corrected chi connectivity index (χ2v) is 11.2. The fourth-order valence-electron chi connectivity index (χ4n) is 5.82. The lowest BCUT2D eigenvalue weighted by atomic mass is 9.98. The zero-order valence-corrected chi connectivity index (χ0v) is 24.9. The number of methoxy groups -OCH3 is 1.